The molecule has 0 amide bonds. The number of pyridine rings is 1. The van der Waals surface area contributed by atoms with Crippen LogP contribution in [0.1, 0.15) is 35.4 Å². The third-order valence-electron chi connectivity index (χ3n) is 4.33. The molecule has 0 radical (unpaired) electrons. The van der Waals surface area contributed by atoms with Crippen molar-refractivity contribution in [2.45, 2.75) is 33.1 Å². The maximum absolute atomic E-state index is 11.4. The van der Waals surface area contributed by atoms with Gasteiger partial charge in [0.1, 0.15) is 12.0 Å². The van der Waals surface area contributed by atoms with Gasteiger partial charge in [-0.25, -0.2) is 0 Å². The summed E-state index contributed by atoms with van der Waals surface area (Å²) >= 11 is 0. The zero-order valence-electron chi connectivity index (χ0n) is 14.4. The van der Waals surface area contributed by atoms with Gasteiger partial charge in [0.15, 0.2) is 0 Å². The first-order chi connectivity index (χ1) is 12.0. The summed E-state index contributed by atoms with van der Waals surface area (Å²) < 4.78 is 5.21. The summed E-state index contributed by atoms with van der Waals surface area (Å²) in [6.45, 7) is 5.73. The van der Waals surface area contributed by atoms with Crippen LogP contribution in [0.5, 0.6) is 0 Å². The van der Waals surface area contributed by atoms with Gasteiger partial charge in [-0.15, -0.1) is 0 Å². The molecule has 0 aliphatic carbocycles. The molecular formula is C19H19N3O3. The Hall–Kier alpha value is -3.02. The van der Waals surface area contributed by atoms with Gasteiger partial charge in [-0.3, -0.25) is 0 Å². The minimum Gasteiger partial charge on any atom is -0.361 e. The second-order valence-electron chi connectivity index (χ2n) is 6.18. The molecular weight excluding hydrogens is 318 g/mol. The van der Waals surface area contributed by atoms with Gasteiger partial charge in [0, 0.05) is 5.56 Å². The summed E-state index contributed by atoms with van der Waals surface area (Å²) in [5, 5.41) is 15.3. The normalized spacial score (nSPS) is 12.1. The second kappa shape index (κ2) is 6.84. The second-order valence-corrected chi connectivity index (χ2v) is 6.18. The van der Waals surface area contributed by atoms with Crippen LogP contribution in [0.25, 0.3) is 11.1 Å². The molecule has 128 valence electrons. The SMILES string of the molecule is Cc1noc(C)c1-c1cnc([N+](=O)[O-])c(CC(C)c2ccccc2)c1. The molecule has 0 N–H and O–H groups in total. The predicted molar refractivity (Wildman–Crippen MR) is 94.4 cm³/mol. The monoisotopic (exact) mass is 337 g/mol. The molecule has 0 spiro atoms. The number of nitro groups is 1. The van der Waals surface area contributed by atoms with Crippen LogP contribution in [-0.2, 0) is 6.42 Å². The number of hydrogen-bond donors (Lipinski definition) is 0. The third-order valence-corrected chi connectivity index (χ3v) is 4.33. The highest BCUT2D eigenvalue weighted by atomic mass is 16.6. The van der Waals surface area contributed by atoms with Crippen LogP contribution in [0.4, 0.5) is 5.82 Å². The van der Waals surface area contributed by atoms with E-state index in [1.807, 2.05) is 50.2 Å². The number of aryl methyl sites for hydroxylation is 2. The molecule has 6 heteroatoms. The highest BCUT2D eigenvalue weighted by Gasteiger charge is 2.22. The van der Waals surface area contributed by atoms with Gasteiger partial charge in [-0.05, 0) is 47.7 Å². The van der Waals surface area contributed by atoms with Crippen molar-refractivity contribution < 1.29 is 9.45 Å². The summed E-state index contributed by atoms with van der Waals surface area (Å²) in [6, 6.07) is 11.8. The van der Waals surface area contributed by atoms with Crippen LogP contribution in [0.15, 0.2) is 47.1 Å². The van der Waals surface area contributed by atoms with Gasteiger partial charge in [0.25, 0.3) is 0 Å². The summed E-state index contributed by atoms with van der Waals surface area (Å²) in [5.41, 5.74) is 4.13. The van der Waals surface area contributed by atoms with E-state index in [1.165, 1.54) is 6.20 Å². The zero-order valence-corrected chi connectivity index (χ0v) is 14.4. The first-order valence-electron chi connectivity index (χ1n) is 8.09. The van der Waals surface area contributed by atoms with Crippen molar-refractivity contribution >= 4 is 5.82 Å². The van der Waals surface area contributed by atoms with Gasteiger partial charge in [0.05, 0.1) is 16.8 Å². The Morgan fingerprint density at radius 1 is 1.24 bits per heavy atom. The van der Waals surface area contributed by atoms with Crippen LogP contribution in [-0.4, -0.2) is 15.1 Å². The zero-order chi connectivity index (χ0) is 18.0. The molecule has 3 aromatic rings. The van der Waals surface area contributed by atoms with Gasteiger partial charge < -0.3 is 14.6 Å². The van der Waals surface area contributed by atoms with Crippen molar-refractivity contribution in [2.75, 3.05) is 0 Å². The Bertz CT molecular complexity index is 884. The Morgan fingerprint density at radius 2 is 1.96 bits per heavy atom. The number of benzene rings is 1. The lowest BCUT2D eigenvalue weighted by Gasteiger charge is -2.12. The highest BCUT2D eigenvalue weighted by molar-refractivity contribution is 5.68. The smallest absolute Gasteiger partial charge is 0.361 e. The Morgan fingerprint density at radius 3 is 2.56 bits per heavy atom. The Labute approximate surface area is 145 Å². The third kappa shape index (κ3) is 3.42. The van der Waals surface area contributed by atoms with E-state index in [1.54, 1.807) is 0 Å². The first kappa shape index (κ1) is 16.8. The fourth-order valence-corrected chi connectivity index (χ4v) is 3.08. The van der Waals surface area contributed by atoms with E-state index in [2.05, 4.69) is 17.1 Å². The fourth-order valence-electron chi connectivity index (χ4n) is 3.08. The molecule has 0 saturated heterocycles. The van der Waals surface area contributed by atoms with Crippen LogP contribution in [0, 0.1) is 24.0 Å². The van der Waals surface area contributed by atoms with E-state index in [4.69, 9.17) is 4.52 Å². The lowest BCUT2D eigenvalue weighted by Crippen LogP contribution is -2.04. The molecule has 1 unspecified atom stereocenters. The maximum atomic E-state index is 11.4. The minimum absolute atomic E-state index is 0.0988. The molecule has 1 aromatic carbocycles. The van der Waals surface area contributed by atoms with Crippen molar-refractivity contribution in [3.8, 4) is 11.1 Å². The number of hydrogen-bond acceptors (Lipinski definition) is 5. The average molecular weight is 337 g/mol. The lowest BCUT2D eigenvalue weighted by atomic mass is 9.92. The molecule has 2 heterocycles. The van der Waals surface area contributed by atoms with E-state index in [9.17, 15) is 10.1 Å². The summed E-state index contributed by atoms with van der Waals surface area (Å²) in [5.74, 6) is 0.718. The van der Waals surface area contributed by atoms with Crippen molar-refractivity contribution in [3.63, 3.8) is 0 Å². The fraction of sp³-hybridized carbons (Fsp3) is 0.263. The highest BCUT2D eigenvalue weighted by Crippen LogP contribution is 2.31. The van der Waals surface area contributed by atoms with E-state index in [-0.39, 0.29) is 11.7 Å². The van der Waals surface area contributed by atoms with Crippen molar-refractivity contribution in [1.29, 1.82) is 0 Å². The molecule has 3 rings (SSSR count). The van der Waals surface area contributed by atoms with Crippen molar-refractivity contribution in [3.05, 3.63) is 75.3 Å². The first-order valence-corrected chi connectivity index (χ1v) is 8.09. The standard InChI is InChI=1S/C19H19N3O3/c1-12(15-7-5-4-6-8-15)9-16-10-17(11-20-19(16)22(23)24)18-13(2)21-25-14(18)3/h4-8,10-12H,9H2,1-3H3. The van der Waals surface area contributed by atoms with Crippen LogP contribution in [0.2, 0.25) is 0 Å². The van der Waals surface area contributed by atoms with Crippen molar-refractivity contribution in [1.82, 2.24) is 10.1 Å². The van der Waals surface area contributed by atoms with Gasteiger partial charge in [-0.1, -0.05) is 42.4 Å². The topological polar surface area (TPSA) is 82.1 Å². The van der Waals surface area contributed by atoms with Crippen LogP contribution < -0.4 is 0 Å². The van der Waals surface area contributed by atoms with Crippen LogP contribution >= 0.6 is 0 Å². The Balaban J connectivity index is 2.01. The summed E-state index contributed by atoms with van der Waals surface area (Å²) in [7, 11) is 0. The number of aromatic nitrogens is 2. The Kier molecular flexibility index (Phi) is 4.61. The van der Waals surface area contributed by atoms with Gasteiger partial charge in [-0.2, -0.15) is 0 Å². The number of rotatable bonds is 5. The summed E-state index contributed by atoms with van der Waals surface area (Å²) in [6.07, 6.45) is 2.05. The van der Waals surface area contributed by atoms with E-state index in [0.29, 0.717) is 17.7 Å². The van der Waals surface area contributed by atoms with Gasteiger partial charge in [0.2, 0.25) is 0 Å². The molecule has 6 nitrogen and oxygen atoms in total. The van der Waals surface area contributed by atoms with Gasteiger partial charge >= 0.3 is 5.82 Å². The summed E-state index contributed by atoms with van der Waals surface area (Å²) in [4.78, 5) is 15.1. The maximum Gasteiger partial charge on any atom is 0.366 e. The van der Waals surface area contributed by atoms with E-state index < -0.39 is 4.92 Å². The molecule has 0 aliphatic rings. The molecule has 0 fully saturated rings. The average Bonchev–Trinajstić information content (AvgIpc) is 2.94. The molecule has 0 bridgehead atoms. The quantitative estimate of drug-likeness (QED) is 0.501. The molecule has 0 saturated carbocycles. The largest absolute Gasteiger partial charge is 0.366 e. The minimum atomic E-state index is -0.426. The van der Waals surface area contributed by atoms with E-state index >= 15 is 0 Å². The molecule has 1 atom stereocenters. The molecule has 25 heavy (non-hydrogen) atoms. The molecule has 0 aliphatic heterocycles. The van der Waals surface area contributed by atoms with Crippen LogP contribution in [0.3, 0.4) is 0 Å². The lowest BCUT2D eigenvalue weighted by molar-refractivity contribution is -0.390. The van der Waals surface area contributed by atoms with E-state index in [0.717, 1.165) is 22.4 Å². The predicted octanol–water partition coefficient (Wildman–Crippen LogP) is 4.61. The molecule has 2 aromatic heterocycles. The number of nitrogens with zero attached hydrogens (tertiary/aromatic N) is 3. The van der Waals surface area contributed by atoms with Crippen molar-refractivity contribution in [2.24, 2.45) is 0 Å².